The molecule has 2 aromatic rings. The highest BCUT2D eigenvalue weighted by Crippen LogP contribution is 2.18. The topological polar surface area (TPSA) is 92.2 Å². The van der Waals surface area contributed by atoms with Gasteiger partial charge < -0.3 is 14.7 Å². The fourth-order valence-corrected chi connectivity index (χ4v) is 3.01. The maximum Gasteiger partial charge on any atom is 0.261 e. The lowest BCUT2D eigenvalue weighted by atomic mass is 9.95. The van der Waals surface area contributed by atoms with Gasteiger partial charge in [-0.2, -0.15) is 0 Å². The second-order valence-corrected chi connectivity index (χ2v) is 6.20. The van der Waals surface area contributed by atoms with E-state index in [1.54, 1.807) is 25.1 Å². The molecule has 1 aliphatic rings. The summed E-state index contributed by atoms with van der Waals surface area (Å²) in [7, 11) is 0. The molecule has 0 radical (unpaired) electrons. The molecular weight excluding hydrogens is 308 g/mol. The van der Waals surface area contributed by atoms with E-state index in [0.717, 1.165) is 36.9 Å². The van der Waals surface area contributed by atoms with E-state index in [-0.39, 0.29) is 29.1 Å². The number of fused-ring (bicyclic) bond motifs is 1. The van der Waals surface area contributed by atoms with Crippen molar-refractivity contribution in [2.75, 3.05) is 0 Å². The van der Waals surface area contributed by atoms with Crippen LogP contribution >= 0.6 is 0 Å². The SMILES string of the molecule is C[C@@H](CC(=O)c1ccco1)NC(=O)c1cc2c([nH]c1=O)CCCC2. The molecule has 0 bridgehead atoms. The Bertz CT molecular complexity index is 805. The summed E-state index contributed by atoms with van der Waals surface area (Å²) in [5.41, 5.74) is 1.69. The molecule has 3 rings (SSSR count). The molecule has 0 spiro atoms. The van der Waals surface area contributed by atoms with Gasteiger partial charge in [0.2, 0.25) is 0 Å². The summed E-state index contributed by atoms with van der Waals surface area (Å²) in [5, 5.41) is 2.72. The molecule has 0 saturated carbocycles. The number of hydrogen-bond donors (Lipinski definition) is 2. The van der Waals surface area contributed by atoms with Gasteiger partial charge in [0, 0.05) is 18.2 Å². The van der Waals surface area contributed by atoms with Crippen LogP contribution in [0.2, 0.25) is 0 Å². The van der Waals surface area contributed by atoms with Gasteiger partial charge in [0.15, 0.2) is 11.5 Å². The number of hydrogen-bond acceptors (Lipinski definition) is 4. The number of aromatic nitrogens is 1. The predicted octanol–water partition coefficient (Wildman–Crippen LogP) is 2.24. The van der Waals surface area contributed by atoms with Gasteiger partial charge in [-0.15, -0.1) is 0 Å². The third-order valence-corrected chi connectivity index (χ3v) is 4.25. The van der Waals surface area contributed by atoms with Crippen LogP contribution in [0.4, 0.5) is 0 Å². The van der Waals surface area contributed by atoms with Crippen molar-refractivity contribution in [2.24, 2.45) is 0 Å². The third-order valence-electron chi connectivity index (χ3n) is 4.25. The van der Waals surface area contributed by atoms with Crippen molar-refractivity contribution in [1.29, 1.82) is 0 Å². The molecule has 6 nitrogen and oxygen atoms in total. The molecule has 1 aliphatic carbocycles. The second kappa shape index (κ2) is 6.86. The molecule has 6 heteroatoms. The average molecular weight is 328 g/mol. The number of H-pyrrole nitrogens is 1. The maximum atomic E-state index is 12.4. The predicted molar refractivity (Wildman–Crippen MR) is 88.3 cm³/mol. The second-order valence-electron chi connectivity index (χ2n) is 6.20. The Morgan fingerprint density at radius 2 is 2.12 bits per heavy atom. The third kappa shape index (κ3) is 3.48. The lowest BCUT2D eigenvalue weighted by molar-refractivity contribution is 0.0906. The lowest BCUT2D eigenvalue weighted by Crippen LogP contribution is -2.37. The summed E-state index contributed by atoms with van der Waals surface area (Å²) in [5.74, 6) is -0.376. The van der Waals surface area contributed by atoms with E-state index >= 15 is 0 Å². The van der Waals surface area contributed by atoms with Gasteiger partial charge in [0.05, 0.1) is 6.26 Å². The zero-order valence-corrected chi connectivity index (χ0v) is 13.6. The largest absolute Gasteiger partial charge is 0.461 e. The Balaban J connectivity index is 1.68. The van der Waals surface area contributed by atoms with E-state index in [1.807, 2.05) is 0 Å². The van der Waals surface area contributed by atoms with Gasteiger partial charge in [-0.05, 0) is 56.4 Å². The van der Waals surface area contributed by atoms with E-state index in [2.05, 4.69) is 10.3 Å². The highest BCUT2D eigenvalue weighted by atomic mass is 16.3. The molecular formula is C18H20N2O4. The van der Waals surface area contributed by atoms with E-state index in [4.69, 9.17) is 4.42 Å². The zero-order chi connectivity index (χ0) is 17.1. The fraction of sp³-hybridized carbons (Fsp3) is 0.389. The number of pyridine rings is 1. The Hall–Kier alpha value is -2.63. The molecule has 1 atom stereocenters. The zero-order valence-electron chi connectivity index (χ0n) is 13.6. The van der Waals surface area contributed by atoms with Gasteiger partial charge in [-0.1, -0.05) is 0 Å². The summed E-state index contributed by atoms with van der Waals surface area (Å²) in [6.45, 7) is 1.73. The number of carbonyl (C=O) groups excluding carboxylic acids is 2. The monoisotopic (exact) mass is 328 g/mol. The molecule has 1 amide bonds. The smallest absolute Gasteiger partial charge is 0.261 e. The molecule has 2 aromatic heterocycles. The highest BCUT2D eigenvalue weighted by Gasteiger charge is 2.20. The Labute approximate surface area is 139 Å². The normalized spacial score (nSPS) is 14.7. The van der Waals surface area contributed by atoms with Crippen molar-refractivity contribution in [3.63, 3.8) is 0 Å². The minimum atomic E-state index is -0.454. The minimum Gasteiger partial charge on any atom is -0.461 e. The minimum absolute atomic E-state index is 0.105. The van der Waals surface area contributed by atoms with Gasteiger partial charge in [-0.25, -0.2) is 0 Å². The van der Waals surface area contributed by atoms with Crippen LogP contribution in [0.15, 0.2) is 33.7 Å². The first-order valence-corrected chi connectivity index (χ1v) is 8.17. The van der Waals surface area contributed by atoms with Crippen molar-refractivity contribution in [1.82, 2.24) is 10.3 Å². The van der Waals surface area contributed by atoms with Crippen LogP contribution in [0.25, 0.3) is 0 Å². The number of ketones is 1. The number of Topliss-reactive ketones (excluding diaryl/α,β-unsaturated/α-hetero) is 1. The lowest BCUT2D eigenvalue weighted by Gasteiger charge is -2.17. The average Bonchev–Trinajstić information content (AvgIpc) is 3.08. The van der Waals surface area contributed by atoms with E-state index in [1.165, 1.54) is 6.26 Å². The standard InChI is InChI=1S/C18H20N2O4/c1-11(9-15(21)16-7-4-8-24-16)19-17(22)13-10-12-5-2-3-6-14(12)20-18(13)23/h4,7-8,10-11H,2-3,5-6,9H2,1H3,(H,19,22)(H,20,23)/t11-/m0/s1. The quantitative estimate of drug-likeness (QED) is 0.823. The van der Waals surface area contributed by atoms with Gasteiger partial charge in [-0.3, -0.25) is 14.4 Å². The van der Waals surface area contributed by atoms with E-state index in [0.29, 0.717) is 0 Å². The van der Waals surface area contributed by atoms with Crippen molar-refractivity contribution < 1.29 is 14.0 Å². The first-order valence-electron chi connectivity index (χ1n) is 8.17. The number of amides is 1. The molecule has 0 unspecified atom stereocenters. The molecule has 2 heterocycles. The van der Waals surface area contributed by atoms with Crippen molar-refractivity contribution in [3.8, 4) is 0 Å². The number of nitrogens with one attached hydrogen (secondary N) is 2. The van der Waals surface area contributed by atoms with Crippen LogP contribution in [0.5, 0.6) is 0 Å². The molecule has 2 N–H and O–H groups in total. The van der Waals surface area contributed by atoms with Gasteiger partial charge in [0.25, 0.3) is 11.5 Å². The number of furan rings is 1. The molecule has 0 saturated heterocycles. The van der Waals surface area contributed by atoms with Crippen LogP contribution < -0.4 is 10.9 Å². The van der Waals surface area contributed by atoms with Gasteiger partial charge >= 0.3 is 0 Å². The Morgan fingerprint density at radius 1 is 1.33 bits per heavy atom. The van der Waals surface area contributed by atoms with Crippen LogP contribution in [0.1, 0.15) is 58.4 Å². The molecule has 0 aromatic carbocycles. The van der Waals surface area contributed by atoms with Crippen LogP contribution in [-0.2, 0) is 12.8 Å². The molecule has 24 heavy (non-hydrogen) atoms. The number of aromatic amines is 1. The summed E-state index contributed by atoms with van der Waals surface area (Å²) >= 11 is 0. The highest BCUT2D eigenvalue weighted by molar-refractivity contribution is 5.96. The molecule has 0 aliphatic heterocycles. The molecule has 126 valence electrons. The van der Waals surface area contributed by atoms with Crippen LogP contribution in [0.3, 0.4) is 0 Å². The number of aryl methyl sites for hydroxylation is 2. The Morgan fingerprint density at radius 3 is 2.88 bits per heavy atom. The summed E-state index contributed by atoms with van der Waals surface area (Å²) in [6, 6.07) is 4.52. The fourth-order valence-electron chi connectivity index (χ4n) is 3.01. The number of carbonyl (C=O) groups is 2. The first kappa shape index (κ1) is 16.2. The molecule has 0 fully saturated rings. The van der Waals surface area contributed by atoms with Gasteiger partial charge in [0.1, 0.15) is 5.56 Å². The Kier molecular flexibility index (Phi) is 4.64. The maximum absolute atomic E-state index is 12.4. The van der Waals surface area contributed by atoms with Crippen molar-refractivity contribution in [2.45, 2.75) is 45.1 Å². The van der Waals surface area contributed by atoms with Crippen LogP contribution in [0, 0.1) is 0 Å². The number of rotatable bonds is 5. The van der Waals surface area contributed by atoms with Crippen molar-refractivity contribution >= 4 is 11.7 Å². The van der Waals surface area contributed by atoms with E-state index in [9.17, 15) is 14.4 Å². The van der Waals surface area contributed by atoms with Crippen molar-refractivity contribution in [3.05, 3.63) is 57.4 Å². The summed E-state index contributed by atoms with van der Waals surface area (Å²) in [6.07, 6.45) is 5.39. The summed E-state index contributed by atoms with van der Waals surface area (Å²) < 4.78 is 5.05. The van der Waals surface area contributed by atoms with Crippen LogP contribution in [-0.4, -0.2) is 22.7 Å². The summed E-state index contributed by atoms with van der Waals surface area (Å²) in [4.78, 5) is 39.3. The van der Waals surface area contributed by atoms with E-state index < -0.39 is 11.9 Å². The first-order chi connectivity index (χ1) is 11.5.